The molecule has 8 rings (SSSR count). The molecule has 10 heteroatoms. The first kappa shape index (κ1) is 34.9. The van der Waals surface area contributed by atoms with Gasteiger partial charge in [-0.15, -0.1) is 0 Å². The van der Waals surface area contributed by atoms with Crippen LogP contribution in [0.25, 0.3) is 0 Å². The van der Waals surface area contributed by atoms with Crippen LogP contribution in [0.3, 0.4) is 0 Å². The lowest BCUT2D eigenvalue weighted by atomic mass is 9.46. The van der Waals surface area contributed by atoms with Crippen LogP contribution in [0.2, 0.25) is 0 Å². The van der Waals surface area contributed by atoms with E-state index >= 15 is 0 Å². The minimum Gasteiger partial charge on any atom is -0.493 e. The summed E-state index contributed by atoms with van der Waals surface area (Å²) < 4.78 is 29.9. The van der Waals surface area contributed by atoms with Gasteiger partial charge in [-0.2, -0.15) is 0 Å². The van der Waals surface area contributed by atoms with Gasteiger partial charge >= 0.3 is 0 Å². The first-order chi connectivity index (χ1) is 24.0. The van der Waals surface area contributed by atoms with Crippen molar-refractivity contribution in [3.05, 3.63) is 77.6 Å². The molecule has 0 radical (unpaired) electrons. The fourth-order valence-corrected chi connectivity index (χ4v) is 10.3. The van der Waals surface area contributed by atoms with Crippen LogP contribution < -0.4 is 19.5 Å². The van der Waals surface area contributed by atoms with Gasteiger partial charge in [-0.05, 0) is 105 Å². The van der Waals surface area contributed by atoms with E-state index in [1.54, 1.807) is 12.2 Å². The molecule has 9 atom stereocenters. The topological polar surface area (TPSA) is 135 Å². The van der Waals surface area contributed by atoms with Gasteiger partial charge in [0.25, 0.3) is 0 Å². The lowest BCUT2D eigenvalue weighted by Gasteiger charge is -2.59. The van der Waals surface area contributed by atoms with Crippen molar-refractivity contribution in [3.63, 3.8) is 0 Å². The van der Waals surface area contributed by atoms with Crippen molar-refractivity contribution in [2.75, 3.05) is 33.1 Å². The van der Waals surface area contributed by atoms with E-state index in [-0.39, 0.29) is 41.6 Å². The molecular formula is C40H48FNO8. The number of piperidine rings is 1. The number of carbonyl (C=O) groups excluding carboxylic acids is 2. The van der Waals surface area contributed by atoms with E-state index in [0.717, 1.165) is 61.6 Å². The van der Waals surface area contributed by atoms with Gasteiger partial charge in [-0.3, -0.25) is 9.59 Å². The van der Waals surface area contributed by atoms with E-state index in [2.05, 4.69) is 12.2 Å². The third kappa shape index (κ3) is 5.97. The zero-order valence-corrected chi connectivity index (χ0v) is 28.8. The first-order valence-electron chi connectivity index (χ1n) is 17.9. The van der Waals surface area contributed by atoms with E-state index in [9.17, 15) is 29.3 Å². The molecule has 2 aromatic rings. The number of ether oxygens (including phenoxy) is 3. The number of Topliss-reactive ketones (excluding diaryl/α,β-unsaturated/α-hetero) is 1. The molecule has 0 spiro atoms. The fraction of sp³-hybridized carbons (Fsp3) is 0.550. The summed E-state index contributed by atoms with van der Waals surface area (Å²) in [5.74, 6) is 2.56. The molecule has 0 amide bonds. The number of carbonyl (C=O) groups is 2. The van der Waals surface area contributed by atoms with Gasteiger partial charge in [0.1, 0.15) is 23.8 Å². The molecule has 3 saturated carbocycles. The highest BCUT2D eigenvalue weighted by molar-refractivity contribution is 6.01. The Bertz CT molecular complexity index is 1680. The van der Waals surface area contributed by atoms with Crippen LogP contribution in [0, 0.1) is 40.3 Å². The number of aliphatic hydroxyl groups is 3. The Labute approximate surface area is 292 Å². The number of halogens is 1. The maximum Gasteiger partial charge on any atom is 0.231 e. The Morgan fingerprint density at radius 1 is 1.08 bits per heavy atom. The third-order valence-corrected chi connectivity index (χ3v) is 13.0. The predicted octanol–water partition coefficient (Wildman–Crippen LogP) is 4.88. The van der Waals surface area contributed by atoms with E-state index in [1.165, 1.54) is 17.7 Å². The minimum absolute atomic E-state index is 0.00912. The van der Waals surface area contributed by atoms with Crippen LogP contribution in [0.5, 0.6) is 17.2 Å². The number of nitrogens with one attached hydrogen (secondary N) is 1. The normalized spacial score (nSPS) is 36.7. The number of hydrogen-bond acceptors (Lipinski definition) is 9. The molecule has 50 heavy (non-hydrogen) atoms. The van der Waals surface area contributed by atoms with E-state index in [1.807, 2.05) is 43.3 Å². The van der Waals surface area contributed by atoms with E-state index < -0.39 is 29.5 Å². The molecule has 2 aliphatic heterocycles. The Hall–Kier alpha value is -3.57. The molecular weight excluding hydrogens is 641 g/mol. The second-order valence-corrected chi connectivity index (χ2v) is 15.4. The fourth-order valence-electron chi connectivity index (χ4n) is 10.3. The summed E-state index contributed by atoms with van der Waals surface area (Å²) in [5, 5.41) is 35.1. The second kappa shape index (κ2) is 13.5. The average molecular weight is 690 g/mol. The average Bonchev–Trinajstić information content (AvgIpc) is 3.69. The number of fused-ring (bicyclic) bond motifs is 6. The standard InChI is InChI=1S/C21H28O5.C19H20FNO3/c1-19-7-5-13(23)9-12(19)3-4-14-15-6-8-21(26,17(25)11-22)20(15,2)10-16(24)18(14)19;20-15-3-1-13(2-4-15)17-7-8-21-10-14(17)11-22-16-5-6-18-19(9-16)24-12-23-18/h5,7,9,14-16,18,22,24,26H,3-4,6,8,10-11H2,1-2H3;1-6,9,14,17,21H,7-8,10-12H2/t14-,15-,16-,18+,19-,20-,21-;14-,17-/m00/s1. The maximum absolute atomic E-state index is 13.2. The van der Waals surface area contributed by atoms with Gasteiger partial charge in [0.15, 0.2) is 23.1 Å². The molecule has 4 aliphatic carbocycles. The van der Waals surface area contributed by atoms with Gasteiger partial charge in [0.2, 0.25) is 6.79 Å². The summed E-state index contributed by atoms with van der Waals surface area (Å²) in [6.45, 7) is 6.08. The summed E-state index contributed by atoms with van der Waals surface area (Å²) in [5.41, 5.74) is -0.363. The van der Waals surface area contributed by atoms with Crippen molar-refractivity contribution in [3.8, 4) is 17.2 Å². The monoisotopic (exact) mass is 689 g/mol. The predicted molar refractivity (Wildman–Crippen MR) is 183 cm³/mol. The summed E-state index contributed by atoms with van der Waals surface area (Å²) in [7, 11) is 0. The van der Waals surface area contributed by atoms with Crippen LogP contribution in [0.1, 0.15) is 63.9 Å². The Balaban J connectivity index is 0.000000157. The molecule has 4 N–H and O–H groups in total. The van der Waals surface area contributed by atoms with Gasteiger partial charge in [0, 0.05) is 35.3 Å². The first-order valence-corrected chi connectivity index (χ1v) is 17.9. The molecule has 0 unspecified atom stereocenters. The van der Waals surface area contributed by atoms with Crippen LogP contribution >= 0.6 is 0 Å². The smallest absolute Gasteiger partial charge is 0.231 e. The zero-order valence-electron chi connectivity index (χ0n) is 28.8. The molecule has 2 aromatic carbocycles. The van der Waals surface area contributed by atoms with Crippen LogP contribution in [0.15, 0.2) is 66.3 Å². The van der Waals surface area contributed by atoms with Crippen LogP contribution in [0.4, 0.5) is 4.39 Å². The quantitative estimate of drug-likeness (QED) is 0.335. The lowest BCUT2D eigenvalue weighted by molar-refractivity contribution is -0.178. The second-order valence-electron chi connectivity index (χ2n) is 15.4. The Morgan fingerprint density at radius 3 is 2.64 bits per heavy atom. The number of aliphatic hydroxyl groups excluding tert-OH is 2. The molecule has 268 valence electrons. The Morgan fingerprint density at radius 2 is 1.86 bits per heavy atom. The number of benzene rings is 2. The van der Waals surface area contributed by atoms with Crippen molar-refractivity contribution in [2.24, 2.45) is 34.5 Å². The molecule has 4 fully saturated rings. The van der Waals surface area contributed by atoms with E-state index in [4.69, 9.17) is 14.2 Å². The summed E-state index contributed by atoms with van der Waals surface area (Å²) in [4.78, 5) is 24.2. The third-order valence-electron chi connectivity index (χ3n) is 13.0. The molecule has 6 aliphatic rings. The van der Waals surface area contributed by atoms with Crippen molar-refractivity contribution in [2.45, 2.75) is 70.0 Å². The number of hydrogen-bond donors (Lipinski definition) is 4. The van der Waals surface area contributed by atoms with Crippen LogP contribution in [-0.4, -0.2) is 71.7 Å². The minimum atomic E-state index is -1.56. The molecule has 1 saturated heterocycles. The highest BCUT2D eigenvalue weighted by Gasteiger charge is 2.68. The van der Waals surface area contributed by atoms with Gasteiger partial charge in [-0.25, -0.2) is 4.39 Å². The maximum atomic E-state index is 13.2. The number of rotatable bonds is 6. The Kier molecular flexibility index (Phi) is 9.43. The molecule has 0 aromatic heterocycles. The molecule has 0 bridgehead atoms. The van der Waals surface area contributed by atoms with Gasteiger partial charge < -0.3 is 34.8 Å². The van der Waals surface area contributed by atoms with Gasteiger partial charge in [0.05, 0.1) is 12.7 Å². The lowest BCUT2D eigenvalue weighted by Crippen LogP contribution is -2.61. The summed E-state index contributed by atoms with van der Waals surface area (Å²) >= 11 is 0. The summed E-state index contributed by atoms with van der Waals surface area (Å²) in [6, 6.07) is 12.5. The van der Waals surface area contributed by atoms with Crippen LogP contribution in [-0.2, 0) is 9.59 Å². The van der Waals surface area contributed by atoms with Crippen molar-refractivity contribution < 1.29 is 43.5 Å². The van der Waals surface area contributed by atoms with Crippen molar-refractivity contribution >= 4 is 11.6 Å². The van der Waals surface area contributed by atoms with Crippen molar-refractivity contribution in [1.82, 2.24) is 5.32 Å². The SMILES string of the molecule is C[C@]12C=CC(=O)C=C1CC[C@@H]1[C@@H]2[C@@H](O)C[C@@]2(C)[C@H]1CC[C@]2(O)C(=O)CO.Fc1ccc([C@@H]2CCNC[C@H]2COc2ccc3c(c2)OCO3)cc1. The summed E-state index contributed by atoms with van der Waals surface area (Å²) in [6.07, 6.45) is 8.71. The number of ketones is 2. The zero-order chi connectivity index (χ0) is 35.3. The van der Waals surface area contributed by atoms with E-state index in [0.29, 0.717) is 31.3 Å². The molecule has 2 heterocycles. The number of allylic oxidation sites excluding steroid dienone is 4. The largest absolute Gasteiger partial charge is 0.493 e. The highest BCUT2D eigenvalue weighted by atomic mass is 19.1. The van der Waals surface area contributed by atoms with Gasteiger partial charge in [-0.1, -0.05) is 37.6 Å². The van der Waals surface area contributed by atoms with Crippen molar-refractivity contribution in [1.29, 1.82) is 0 Å². The molecule has 9 nitrogen and oxygen atoms in total. The highest BCUT2D eigenvalue weighted by Crippen LogP contribution is 2.67.